The lowest BCUT2D eigenvalue weighted by Crippen LogP contribution is -2.02. The second-order valence-corrected chi connectivity index (χ2v) is 4.86. The summed E-state index contributed by atoms with van der Waals surface area (Å²) in [5.74, 6) is 0. The minimum Gasteiger partial charge on any atom is -0.381 e. The normalized spacial score (nSPS) is 10.4. The predicted molar refractivity (Wildman–Crippen MR) is 79.6 cm³/mol. The van der Waals surface area contributed by atoms with Gasteiger partial charge in [0.25, 0.3) is 0 Å². The quantitative estimate of drug-likeness (QED) is 0.814. The van der Waals surface area contributed by atoms with Gasteiger partial charge in [0.1, 0.15) is 0 Å². The number of nitrogens with one attached hydrogen (secondary N) is 1. The largest absolute Gasteiger partial charge is 0.381 e. The molecule has 94 valence electrons. The van der Waals surface area contributed by atoms with Crippen molar-refractivity contribution in [2.24, 2.45) is 0 Å². The van der Waals surface area contributed by atoms with Crippen LogP contribution in [-0.2, 0) is 13.0 Å². The van der Waals surface area contributed by atoms with E-state index in [0.29, 0.717) is 16.6 Å². The molecule has 0 radical (unpaired) electrons. The van der Waals surface area contributed by atoms with Gasteiger partial charge in [-0.15, -0.1) is 0 Å². The van der Waals surface area contributed by atoms with Crippen molar-refractivity contribution in [3.05, 3.63) is 63.6 Å². The molecule has 0 saturated carbocycles. The molecule has 0 heterocycles. The summed E-state index contributed by atoms with van der Waals surface area (Å²) in [6, 6.07) is 14.0. The van der Waals surface area contributed by atoms with Gasteiger partial charge < -0.3 is 5.32 Å². The molecule has 18 heavy (non-hydrogen) atoms. The maximum atomic E-state index is 6.16. The molecule has 0 amide bonds. The average Bonchev–Trinajstić information content (AvgIpc) is 2.41. The summed E-state index contributed by atoms with van der Waals surface area (Å²) in [4.78, 5) is 0. The van der Waals surface area contributed by atoms with E-state index in [1.807, 2.05) is 18.2 Å². The average molecular weight is 280 g/mol. The Morgan fingerprint density at radius 1 is 0.944 bits per heavy atom. The third-order valence-corrected chi connectivity index (χ3v) is 3.76. The molecule has 0 aromatic heterocycles. The fraction of sp³-hybridized carbons (Fsp3) is 0.200. The van der Waals surface area contributed by atoms with E-state index in [0.717, 1.165) is 17.7 Å². The monoisotopic (exact) mass is 279 g/mol. The predicted octanol–water partition coefficient (Wildman–Crippen LogP) is 5.17. The number of anilines is 1. The molecule has 1 N–H and O–H groups in total. The van der Waals surface area contributed by atoms with Crippen molar-refractivity contribution >= 4 is 28.9 Å². The summed E-state index contributed by atoms with van der Waals surface area (Å²) in [6.45, 7) is 2.82. The first-order valence-corrected chi connectivity index (χ1v) is 6.72. The molecule has 0 atom stereocenters. The van der Waals surface area contributed by atoms with E-state index in [4.69, 9.17) is 23.2 Å². The van der Waals surface area contributed by atoms with Crippen LogP contribution in [0.3, 0.4) is 0 Å². The minimum atomic E-state index is 0.597. The molecule has 0 aliphatic carbocycles. The second-order valence-electron chi connectivity index (χ2n) is 4.08. The van der Waals surface area contributed by atoms with Crippen LogP contribution in [0.15, 0.2) is 42.5 Å². The van der Waals surface area contributed by atoms with Gasteiger partial charge in [-0.05, 0) is 29.7 Å². The summed E-state index contributed by atoms with van der Waals surface area (Å²) < 4.78 is 0. The molecule has 2 aromatic rings. The van der Waals surface area contributed by atoms with Crippen molar-refractivity contribution in [3.63, 3.8) is 0 Å². The Kier molecular flexibility index (Phi) is 4.51. The van der Waals surface area contributed by atoms with E-state index in [-0.39, 0.29) is 0 Å². The number of hydrogen-bond donors (Lipinski definition) is 1. The molecule has 0 saturated heterocycles. The maximum absolute atomic E-state index is 6.16. The van der Waals surface area contributed by atoms with Gasteiger partial charge in [-0.3, -0.25) is 0 Å². The minimum absolute atomic E-state index is 0.597. The molecular formula is C15H15Cl2N. The lowest BCUT2D eigenvalue weighted by molar-refractivity contribution is 1.09. The zero-order valence-corrected chi connectivity index (χ0v) is 11.7. The van der Waals surface area contributed by atoms with Crippen molar-refractivity contribution in [2.75, 3.05) is 5.32 Å². The van der Waals surface area contributed by atoms with Crippen LogP contribution < -0.4 is 5.32 Å². The van der Waals surface area contributed by atoms with Gasteiger partial charge in [-0.2, -0.15) is 0 Å². The third-order valence-electron chi connectivity index (χ3n) is 2.90. The van der Waals surface area contributed by atoms with Crippen molar-refractivity contribution < 1.29 is 0 Å². The van der Waals surface area contributed by atoms with Crippen LogP contribution in [0.4, 0.5) is 5.69 Å². The topological polar surface area (TPSA) is 12.0 Å². The Bertz CT molecular complexity index is 538. The van der Waals surface area contributed by atoms with E-state index in [1.165, 1.54) is 5.56 Å². The van der Waals surface area contributed by atoms with Crippen LogP contribution in [0, 0.1) is 0 Å². The lowest BCUT2D eigenvalue weighted by Gasteiger charge is -2.12. The highest BCUT2D eigenvalue weighted by atomic mass is 35.5. The molecule has 1 nitrogen and oxygen atoms in total. The molecule has 3 heteroatoms. The van der Waals surface area contributed by atoms with Gasteiger partial charge >= 0.3 is 0 Å². The molecule has 0 bridgehead atoms. The van der Waals surface area contributed by atoms with Crippen LogP contribution >= 0.6 is 23.2 Å². The summed E-state index contributed by atoms with van der Waals surface area (Å²) in [5, 5.41) is 4.63. The molecular weight excluding hydrogens is 265 g/mol. The van der Waals surface area contributed by atoms with Crippen molar-refractivity contribution in [2.45, 2.75) is 19.9 Å². The second kappa shape index (κ2) is 6.12. The molecule has 0 spiro atoms. The molecule has 0 unspecified atom stereocenters. The zero-order chi connectivity index (χ0) is 13.0. The molecule has 0 fully saturated rings. The number of aryl methyl sites for hydroxylation is 1. The van der Waals surface area contributed by atoms with Crippen LogP contribution in [0.5, 0.6) is 0 Å². The Balaban J connectivity index is 2.14. The maximum Gasteiger partial charge on any atom is 0.0642 e. The highest BCUT2D eigenvalue weighted by molar-refractivity contribution is 6.42. The van der Waals surface area contributed by atoms with Gasteiger partial charge in [0.15, 0.2) is 0 Å². The van der Waals surface area contributed by atoms with Gasteiger partial charge in [0.2, 0.25) is 0 Å². The van der Waals surface area contributed by atoms with E-state index in [1.54, 1.807) is 6.07 Å². The van der Waals surface area contributed by atoms with Crippen molar-refractivity contribution in [1.29, 1.82) is 0 Å². The van der Waals surface area contributed by atoms with Gasteiger partial charge in [-0.25, -0.2) is 0 Å². The first-order valence-electron chi connectivity index (χ1n) is 5.97. The number of benzene rings is 2. The highest BCUT2D eigenvalue weighted by Crippen LogP contribution is 2.26. The number of para-hydroxylation sites is 1. The standard InChI is InChI=1S/C15H15Cl2N/c1-2-11-6-3-4-9-14(11)18-10-12-7-5-8-13(16)15(12)17/h3-9,18H,2,10H2,1H3. The summed E-state index contributed by atoms with van der Waals surface area (Å²) in [6.07, 6.45) is 1.01. The molecule has 2 aromatic carbocycles. The van der Waals surface area contributed by atoms with E-state index in [2.05, 4.69) is 30.4 Å². The van der Waals surface area contributed by atoms with Gasteiger partial charge in [0.05, 0.1) is 10.0 Å². The lowest BCUT2D eigenvalue weighted by atomic mass is 10.1. The SMILES string of the molecule is CCc1ccccc1NCc1cccc(Cl)c1Cl. The number of halogens is 2. The van der Waals surface area contributed by atoms with Crippen LogP contribution in [0.25, 0.3) is 0 Å². The summed E-state index contributed by atoms with van der Waals surface area (Å²) >= 11 is 12.2. The van der Waals surface area contributed by atoms with E-state index in [9.17, 15) is 0 Å². The van der Waals surface area contributed by atoms with Gasteiger partial charge in [-0.1, -0.05) is 60.5 Å². The Labute approximate surface area is 118 Å². The highest BCUT2D eigenvalue weighted by Gasteiger charge is 2.05. The fourth-order valence-electron chi connectivity index (χ4n) is 1.88. The first-order chi connectivity index (χ1) is 8.72. The Morgan fingerprint density at radius 3 is 2.44 bits per heavy atom. The summed E-state index contributed by atoms with van der Waals surface area (Å²) in [5.41, 5.74) is 3.46. The fourth-order valence-corrected chi connectivity index (χ4v) is 2.26. The van der Waals surface area contributed by atoms with Crippen molar-refractivity contribution in [3.8, 4) is 0 Å². The number of rotatable bonds is 4. The van der Waals surface area contributed by atoms with Crippen LogP contribution in [0.1, 0.15) is 18.1 Å². The smallest absolute Gasteiger partial charge is 0.0642 e. The van der Waals surface area contributed by atoms with Crippen LogP contribution in [-0.4, -0.2) is 0 Å². The first kappa shape index (κ1) is 13.3. The molecule has 2 rings (SSSR count). The van der Waals surface area contributed by atoms with E-state index >= 15 is 0 Å². The van der Waals surface area contributed by atoms with Gasteiger partial charge in [0, 0.05) is 12.2 Å². The Morgan fingerprint density at radius 2 is 1.67 bits per heavy atom. The third kappa shape index (κ3) is 2.98. The summed E-state index contributed by atoms with van der Waals surface area (Å²) in [7, 11) is 0. The number of hydrogen-bond acceptors (Lipinski definition) is 1. The molecule has 0 aliphatic rings. The Hall–Kier alpha value is -1.18. The van der Waals surface area contributed by atoms with E-state index < -0.39 is 0 Å². The van der Waals surface area contributed by atoms with Crippen molar-refractivity contribution in [1.82, 2.24) is 0 Å². The van der Waals surface area contributed by atoms with Crippen LogP contribution in [0.2, 0.25) is 10.0 Å². The molecule has 0 aliphatic heterocycles. The zero-order valence-electron chi connectivity index (χ0n) is 10.2.